The number of ether oxygens (including phenoxy) is 1. The first-order valence-corrected chi connectivity index (χ1v) is 14.6. The molecule has 3 aromatic carbocycles. The largest absolute Gasteiger partial charge is 0.466 e. The number of rotatable bonds is 11. The number of aliphatic hydroxyl groups excluding tert-OH is 1. The van der Waals surface area contributed by atoms with Crippen LogP contribution in [-0.4, -0.2) is 51.6 Å². The predicted molar refractivity (Wildman–Crippen MR) is 162 cm³/mol. The predicted octanol–water partition coefficient (Wildman–Crippen LogP) is 6.06. The van der Waals surface area contributed by atoms with Crippen LogP contribution in [-0.2, 0) is 21.6 Å². The lowest BCUT2D eigenvalue weighted by atomic mass is 9.74. The smallest absolute Gasteiger partial charge is 0.305 e. The van der Waals surface area contributed by atoms with Crippen molar-refractivity contribution in [2.75, 3.05) is 19.7 Å². The van der Waals surface area contributed by atoms with Crippen molar-refractivity contribution >= 4 is 12.0 Å². The second kappa shape index (κ2) is 13.6. The van der Waals surface area contributed by atoms with Crippen LogP contribution < -0.4 is 0 Å². The highest BCUT2D eigenvalue weighted by Gasteiger charge is 2.44. The third-order valence-corrected chi connectivity index (χ3v) is 7.84. The van der Waals surface area contributed by atoms with Crippen molar-refractivity contribution < 1.29 is 14.6 Å². The summed E-state index contributed by atoms with van der Waals surface area (Å²) in [5, 5.41) is 15.9. The van der Waals surface area contributed by atoms with E-state index >= 15 is 0 Å². The van der Waals surface area contributed by atoms with E-state index < -0.39 is 11.6 Å². The third-order valence-electron chi connectivity index (χ3n) is 7.84. The second-order valence-electron chi connectivity index (χ2n) is 10.5. The number of nitrogens with zero attached hydrogens (tertiary/aromatic N) is 3. The van der Waals surface area contributed by atoms with Gasteiger partial charge < -0.3 is 9.84 Å². The molecule has 5 rings (SSSR count). The highest BCUT2D eigenvalue weighted by Crippen LogP contribution is 2.44. The molecule has 41 heavy (non-hydrogen) atoms. The van der Waals surface area contributed by atoms with Gasteiger partial charge in [0.1, 0.15) is 0 Å². The normalized spacial score (nSPS) is 17.0. The van der Waals surface area contributed by atoms with Crippen LogP contribution in [0, 0.1) is 0 Å². The molecule has 1 aliphatic rings. The molecular weight excluding hydrogens is 510 g/mol. The number of hydrogen-bond donors (Lipinski definition) is 1. The number of piperidine rings is 1. The Balaban J connectivity index is 1.44. The van der Waals surface area contributed by atoms with Crippen molar-refractivity contribution in [1.29, 1.82) is 0 Å². The molecule has 0 bridgehead atoms. The number of benzene rings is 3. The van der Waals surface area contributed by atoms with E-state index in [1.54, 1.807) is 0 Å². The summed E-state index contributed by atoms with van der Waals surface area (Å²) >= 11 is 0. The maximum absolute atomic E-state index is 11.6. The van der Waals surface area contributed by atoms with Crippen LogP contribution in [0.15, 0.2) is 109 Å². The van der Waals surface area contributed by atoms with Gasteiger partial charge in [-0.1, -0.05) is 91.0 Å². The number of unbranched alkanes of at least 4 members (excludes halogenated alkanes) is 1. The first kappa shape index (κ1) is 28.5. The van der Waals surface area contributed by atoms with E-state index in [0.717, 1.165) is 37.2 Å². The molecule has 4 aromatic rings. The Kier molecular flexibility index (Phi) is 9.44. The molecule has 1 N–H and O–H groups in total. The summed E-state index contributed by atoms with van der Waals surface area (Å²) in [5.74, 6) is -0.146. The number of likely N-dealkylation sites (tertiary alicyclic amines) is 1. The van der Waals surface area contributed by atoms with E-state index in [1.807, 2.05) is 29.9 Å². The van der Waals surface area contributed by atoms with Crippen molar-refractivity contribution in [3.63, 3.8) is 0 Å². The average Bonchev–Trinajstić information content (AvgIpc) is 3.46. The van der Waals surface area contributed by atoms with Gasteiger partial charge in [0.25, 0.3) is 0 Å². The van der Waals surface area contributed by atoms with Gasteiger partial charge in [0.05, 0.1) is 23.9 Å². The van der Waals surface area contributed by atoms with E-state index in [9.17, 15) is 9.90 Å². The third kappa shape index (κ3) is 6.50. The molecule has 6 nitrogen and oxygen atoms in total. The van der Waals surface area contributed by atoms with Crippen LogP contribution in [0.25, 0.3) is 6.08 Å². The second-order valence-corrected chi connectivity index (χ2v) is 10.5. The Hall–Kier alpha value is -4.00. The van der Waals surface area contributed by atoms with Crippen LogP contribution in [0.4, 0.5) is 0 Å². The molecule has 2 heterocycles. The molecule has 0 amide bonds. The maximum Gasteiger partial charge on any atom is 0.305 e. The van der Waals surface area contributed by atoms with E-state index in [0.29, 0.717) is 26.0 Å². The standard InChI is InChI=1S/C35H39N3O3/c1-2-41-34(40)20-12-13-23-38-25-21-32(36-38)26-28-27-37(24-22-33(28)39)35(29-14-6-3-7-15-29,30-16-8-4-9-17-30)31-18-10-5-11-19-31/h3-11,14-19,21,25-26,33,39H,2,12-13,20,22-24,27H2,1H3/b28-26-. The zero-order valence-corrected chi connectivity index (χ0v) is 23.7. The Labute approximate surface area is 242 Å². The molecular formula is C35H39N3O3. The maximum atomic E-state index is 11.6. The summed E-state index contributed by atoms with van der Waals surface area (Å²) in [6, 6.07) is 34.0. The fourth-order valence-electron chi connectivity index (χ4n) is 5.93. The van der Waals surface area contributed by atoms with Gasteiger partial charge in [0, 0.05) is 32.3 Å². The van der Waals surface area contributed by atoms with Crippen LogP contribution in [0.5, 0.6) is 0 Å². The number of aliphatic hydroxyl groups is 1. The van der Waals surface area contributed by atoms with Crippen molar-refractivity contribution in [3.05, 3.63) is 131 Å². The topological polar surface area (TPSA) is 67.6 Å². The Morgan fingerprint density at radius 2 is 1.51 bits per heavy atom. The van der Waals surface area contributed by atoms with Gasteiger partial charge in [-0.15, -0.1) is 0 Å². The first-order chi connectivity index (χ1) is 20.1. The van der Waals surface area contributed by atoms with Crippen molar-refractivity contribution in [2.45, 2.75) is 50.8 Å². The zero-order valence-electron chi connectivity index (χ0n) is 23.7. The van der Waals surface area contributed by atoms with E-state index in [4.69, 9.17) is 9.84 Å². The number of aromatic nitrogens is 2. The molecule has 1 atom stereocenters. The van der Waals surface area contributed by atoms with Crippen molar-refractivity contribution in [1.82, 2.24) is 14.7 Å². The highest BCUT2D eigenvalue weighted by atomic mass is 16.5. The lowest BCUT2D eigenvalue weighted by Crippen LogP contribution is -2.52. The SMILES string of the molecule is CCOC(=O)CCCCn1ccc(/C=C2/CN(C(c3ccccc3)(c3ccccc3)c3ccccc3)CCC2O)n1. The minimum Gasteiger partial charge on any atom is -0.466 e. The quantitative estimate of drug-likeness (QED) is 0.140. The van der Waals surface area contributed by atoms with Gasteiger partial charge in [-0.2, -0.15) is 5.10 Å². The van der Waals surface area contributed by atoms with E-state index in [-0.39, 0.29) is 5.97 Å². The Morgan fingerprint density at radius 3 is 2.07 bits per heavy atom. The number of esters is 1. The minimum absolute atomic E-state index is 0.146. The van der Waals surface area contributed by atoms with Gasteiger partial charge >= 0.3 is 5.97 Å². The minimum atomic E-state index is -0.527. The summed E-state index contributed by atoms with van der Waals surface area (Å²) in [4.78, 5) is 14.1. The van der Waals surface area contributed by atoms with Crippen LogP contribution in [0.2, 0.25) is 0 Å². The number of aryl methyl sites for hydroxylation is 1. The summed E-state index contributed by atoms with van der Waals surface area (Å²) < 4.78 is 6.92. The fourth-order valence-corrected chi connectivity index (χ4v) is 5.93. The molecule has 1 fully saturated rings. The summed E-state index contributed by atoms with van der Waals surface area (Å²) in [6.07, 6.45) is 6.16. The monoisotopic (exact) mass is 549 g/mol. The molecule has 1 saturated heterocycles. The summed E-state index contributed by atoms with van der Waals surface area (Å²) in [7, 11) is 0. The van der Waals surface area contributed by atoms with Gasteiger partial charge in [0.2, 0.25) is 0 Å². The van der Waals surface area contributed by atoms with E-state index in [1.165, 1.54) is 16.7 Å². The van der Waals surface area contributed by atoms with Crippen LogP contribution in [0.3, 0.4) is 0 Å². The molecule has 6 heteroatoms. The lowest BCUT2D eigenvalue weighted by Gasteiger charge is -2.48. The number of hydrogen-bond acceptors (Lipinski definition) is 5. The summed E-state index contributed by atoms with van der Waals surface area (Å²) in [6.45, 7) is 4.32. The first-order valence-electron chi connectivity index (χ1n) is 14.6. The van der Waals surface area contributed by atoms with E-state index in [2.05, 4.69) is 95.9 Å². The molecule has 0 radical (unpaired) electrons. The Morgan fingerprint density at radius 1 is 0.927 bits per heavy atom. The molecule has 1 aliphatic heterocycles. The average molecular weight is 550 g/mol. The van der Waals surface area contributed by atoms with Crippen LogP contribution >= 0.6 is 0 Å². The fraction of sp³-hybridized carbons (Fsp3) is 0.314. The Bertz CT molecular complexity index is 1320. The van der Waals surface area contributed by atoms with Gasteiger partial charge in [0.15, 0.2) is 0 Å². The number of carbonyl (C=O) groups is 1. The molecule has 0 spiro atoms. The lowest BCUT2D eigenvalue weighted by molar-refractivity contribution is -0.143. The van der Waals surface area contributed by atoms with Gasteiger partial charge in [-0.05, 0) is 60.6 Å². The zero-order chi connectivity index (χ0) is 28.5. The molecule has 1 unspecified atom stereocenters. The number of carbonyl (C=O) groups excluding carboxylic acids is 1. The van der Waals surface area contributed by atoms with Crippen LogP contribution in [0.1, 0.15) is 55.0 Å². The van der Waals surface area contributed by atoms with Crippen molar-refractivity contribution in [3.8, 4) is 0 Å². The molecule has 0 saturated carbocycles. The van der Waals surface area contributed by atoms with Gasteiger partial charge in [-0.3, -0.25) is 14.4 Å². The molecule has 0 aliphatic carbocycles. The molecule has 212 valence electrons. The van der Waals surface area contributed by atoms with Gasteiger partial charge in [-0.25, -0.2) is 0 Å². The highest BCUT2D eigenvalue weighted by molar-refractivity contribution is 5.69. The van der Waals surface area contributed by atoms with Crippen molar-refractivity contribution in [2.24, 2.45) is 0 Å². The summed E-state index contributed by atoms with van der Waals surface area (Å²) in [5.41, 5.74) is 4.84. The molecule has 1 aromatic heterocycles.